The number of nitrogens with one attached hydrogen (secondary N) is 1. The van der Waals surface area contributed by atoms with Gasteiger partial charge in [0.15, 0.2) is 0 Å². The number of benzene rings is 2. The number of esters is 1. The third-order valence-corrected chi connectivity index (χ3v) is 7.06. The van der Waals surface area contributed by atoms with Crippen molar-refractivity contribution in [2.45, 2.75) is 38.5 Å². The van der Waals surface area contributed by atoms with Gasteiger partial charge in [-0.1, -0.05) is 23.2 Å². The number of aromatic nitrogens is 3. The van der Waals surface area contributed by atoms with E-state index in [1.165, 1.54) is 25.0 Å². The fraction of sp³-hybridized carbons (Fsp3) is 0.370. The van der Waals surface area contributed by atoms with Gasteiger partial charge in [-0.2, -0.15) is 20.1 Å². The largest absolute Gasteiger partial charge is 0.423 e. The van der Waals surface area contributed by atoms with E-state index in [2.05, 4.69) is 30.3 Å². The molecule has 2 saturated heterocycles. The molecular weight excluding hydrogens is 525 g/mol. The van der Waals surface area contributed by atoms with Crippen LogP contribution in [0.4, 0.5) is 17.8 Å². The minimum absolute atomic E-state index is 0.238. The second-order valence-electron chi connectivity index (χ2n) is 9.31. The van der Waals surface area contributed by atoms with Gasteiger partial charge in [0.1, 0.15) is 5.75 Å². The summed E-state index contributed by atoms with van der Waals surface area (Å²) in [6, 6.07) is 11.6. The normalized spacial score (nSPS) is 16.1. The number of piperidine rings is 2. The Morgan fingerprint density at radius 3 is 2.03 bits per heavy atom. The zero-order chi connectivity index (χ0) is 26.3. The first-order chi connectivity index (χ1) is 18.5. The number of hydrogen-bond acceptors (Lipinski definition) is 9. The summed E-state index contributed by atoms with van der Waals surface area (Å²) in [5, 5.41) is 5.03. The lowest BCUT2D eigenvalue weighted by Gasteiger charge is -2.30. The Balaban J connectivity index is 1.25. The van der Waals surface area contributed by atoms with Crippen molar-refractivity contribution in [3.63, 3.8) is 0 Å². The number of carbonyl (C=O) groups excluding carboxylic acids is 1. The molecule has 0 unspecified atom stereocenters. The van der Waals surface area contributed by atoms with Crippen molar-refractivity contribution in [3.8, 4) is 5.75 Å². The van der Waals surface area contributed by atoms with Crippen molar-refractivity contribution in [1.82, 2.24) is 15.0 Å². The van der Waals surface area contributed by atoms with Crippen molar-refractivity contribution in [3.05, 3.63) is 63.6 Å². The van der Waals surface area contributed by atoms with Gasteiger partial charge in [-0.15, -0.1) is 0 Å². The van der Waals surface area contributed by atoms with E-state index in [4.69, 9.17) is 32.9 Å². The van der Waals surface area contributed by atoms with Crippen molar-refractivity contribution < 1.29 is 9.53 Å². The predicted octanol–water partition coefficient (Wildman–Crippen LogP) is 5.82. The number of anilines is 3. The average Bonchev–Trinajstić information content (AvgIpc) is 2.95. The average molecular weight is 554 g/mol. The Hall–Kier alpha value is -3.43. The molecule has 0 atom stereocenters. The number of carbonyl (C=O) groups is 1. The summed E-state index contributed by atoms with van der Waals surface area (Å²) in [4.78, 5) is 31.0. The molecule has 0 bridgehead atoms. The van der Waals surface area contributed by atoms with E-state index in [0.717, 1.165) is 57.4 Å². The zero-order valence-electron chi connectivity index (χ0n) is 20.9. The van der Waals surface area contributed by atoms with Crippen LogP contribution in [-0.2, 0) is 0 Å². The quantitative estimate of drug-likeness (QED) is 0.169. The lowest BCUT2D eigenvalue weighted by Crippen LogP contribution is -2.34. The maximum Gasteiger partial charge on any atom is 0.345 e. The third kappa shape index (κ3) is 6.71. The van der Waals surface area contributed by atoms with Gasteiger partial charge in [0, 0.05) is 31.2 Å². The molecule has 1 aromatic heterocycles. The molecule has 9 nitrogen and oxygen atoms in total. The van der Waals surface area contributed by atoms with Crippen molar-refractivity contribution in [2.75, 3.05) is 41.4 Å². The van der Waals surface area contributed by atoms with E-state index in [1.807, 2.05) is 0 Å². The first-order valence-electron chi connectivity index (χ1n) is 12.9. The molecule has 0 saturated carbocycles. The Labute approximate surface area is 231 Å². The molecule has 2 aromatic carbocycles. The van der Waals surface area contributed by atoms with E-state index in [-0.39, 0.29) is 10.6 Å². The van der Waals surface area contributed by atoms with Gasteiger partial charge in [0.25, 0.3) is 0 Å². The second-order valence-corrected chi connectivity index (χ2v) is 10.2. The van der Waals surface area contributed by atoms with Crippen LogP contribution in [0.2, 0.25) is 10.0 Å². The van der Waals surface area contributed by atoms with Crippen LogP contribution in [0.1, 0.15) is 54.4 Å². The van der Waals surface area contributed by atoms with Gasteiger partial charge in [-0.05, 0) is 86.6 Å². The lowest BCUT2D eigenvalue weighted by molar-refractivity contribution is 0.0735. The molecule has 2 aliphatic rings. The van der Waals surface area contributed by atoms with Gasteiger partial charge in [-0.3, -0.25) is 0 Å². The number of halogens is 2. The molecule has 0 spiro atoms. The molecule has 0 amide bonds. The highest BCUT2D eigenvalue weighted by molar-refractivity contribution is 6.36. The zero-order valence-corrected chi connectivity index (χ0v) is 22.5. The number of hydrazone groups is 1. The van der Waals surface area contributed by atoms with E-state index in [1.54, 1.807) is 36.5 Å². The molecule has 3 heterocycles. The molecule has 2 fully saturated rings. The van der Waals surface area contributed by atoms with Gasteiger partial charge in [-0.25, -0.2) is 10.2 Å². The highest BCUT2D eigenvalue weighted by Crippen LogP contribution is 2.24. The maximum absolute atomic E-state index is 12.4. The molecule has 38 heavy (non-hydrogen) atoms. The summed E-state index contributed by atoms with van der Waals surface area (Å²) < 4.78 is 5.43. The predicted molar refractivity (Wildman–Crippen MR) is 151 cm³/mol. The first kappa shape index (κ1) is 26.2. The van der Waals surface area contributed by atoms with Crippen LogP contribution in [0.3, 0.4) is 0 Å². The minimum Gasteiger partial charge on any atom is -0.423 e. The van der Waals surface area contributed by atoms with Crippen molar-refractivity contribution >= 4 is 53.2 Å². The number of nitrogens with zero attached hydrogens (tertiary/aromatic N) is 6. The lowest BCUT2D eigenvalue weighted by atomic mass is 10.1. The Morgan fingerprint density at radius 2 is 1.45 bits per heavy atom. The first-order valence-corrected chi connectivity index (χ1v) is 13.6. The summed E-state index contributed by atoms with van der Waals surface area (Å²) >= 11 is 12.0. The topological polar surface area (TPSA) is 95.8 Å². The molecule has 198 valence electrons. The van der Waals surface area contributed by atoms with Crippen LogP contribution in [0, 0.1) is 0 Å². The number of rotatable bonds is 7. The summed E-state index contributed by atoms with van der Waals surface area (Å²) in [6.45, 7) is 3.81. The summed E-state index contributed by atoms with van der Waals surface area (Å²) in [6.07, 6.45) is 8.71. The molecular formula is C27H29Cl2N7O2. The Morgan fingerprint density at radius 1 is 0.842 bits per heavy atom. The van der Waals surface area contributed by atoms with Crippen LogP contribution in [0.25, 0.3) is 0 Å². The highest BCUT2D eigenvalue weighted by Gasteiger charge is 2.20. The van der Waals surface area contributed by atoms with Crippen LogP contribution >= 0.6 is 23.2 Å². The second kappa shape index (κ2) is 12.4. The number of hydrogen-bond donors (Lipinski definition) is 1. The van der Waals surface area contributed by atoms with Gasteiger partial charge < -0.3 is 14.5 Å². The summed E-state index contributed by atoms with van der Waals surface area (Å²) in [5.41, 5.74) is 4.03. The van der Waals surface area contributed by atoms with Gasteiger partial charge in [0.2, 0.25) is 17.8 Å². The SMILES string of the molecule is O=C(Oc1ccc(C=NNc2nc(N3CCCCC3)nc(N3CCCCC3)n2)cc1)c1ccc(Cl)cc1Cl. The van der Waals surface area contributed by atoms with Crippen LogP contribution in [-0.4, -0.2) is 53.3 Å². The van der Waals surface area contributed by atoms with Gasteiger partial charge in [0.05, 0.1) is 16.8 Å². The van der Waals surface area contributed by atoms with Crippen molar-refractivity contribution in [1.29, 1.82) is 0 Å². The molecule has 0 aliphatic carbocycles. The Bertz CT molecular complexity index is 1250. The molecule has 1 N–H and O–H groups in total. The van der Waals surface area contributed by atoms with E-state index in [9.17, 15) is 4.79 Å². The molecule has 2 aliphatic heterocycles. The molecule has 11 heteroatoms. The van der Waals surface area contributed by atoms with E-state index in [0.29, 0.717) is 28.6 Å². The molecule has 0 radical (unpaired) electrons. The molecule has 5 rings (SSSR count). The maximum atomic E-state index is 12.4. The van der Waals surface area contributed by atoms with Crippen molar-refractivity contribution in [2.24, 2.45) is 5.10 Å². The fourth-order valence-corrected chi connectivity index (χ4v) is 4.96. The third-order valence-electron chi connectivity index (χ3n) is 6.51. The molecule has 3 aromatic rings. The van der Waals surface area contributed by atoms with E-state index < -0.39 is 5.97 Å². The fourth-order valence-electron chi connectivity index (χ4n) is 4.48. The number of ether oxygens (including phenoxy) is 1. The standard InChI is InChI=1S/C27H29Cl2N7O2/c28-20-9-12-22(23(29)17-20)24(37)38-21-10-7-19(8-11-21)18-30-34-25-31-26(35-13-3-1-4-14-35)33-27(32-25)36-15-5-2-6-16-36/h7-12,17-18H,1-6,13-16H2,(H,31,32,33,34). The smallest absolute Gasteiger partial charge is 0.345 e. The summed E-state index contributed by atoms with van der Waals surface area (Å²) in [5.74, 6) is 1.65. The van der Waals surface area contributed by atoms with Crippen LogP contribution in [0.5, 0.6) is 5.75 Å². The minimum atomic E-state index is -0.557. The highest BCUT2D eigenvalue weighted by atomic mass is 35.5. The summed E-state index contributed by atoms with van der Waals surface area (Å²) in [7, 11) is 0. The van der Waals surface area contributed by atoms with Crippen LogP contribution in [0.15, 0.2) is 47.6 Å². The van der Waals surface area contributed by atoms with E-state index >= 15 is 0 Å². The monoisotopic (exact) mass is 553 g/mol. The van der Waals surface area contributed by atoms with Crippen LogP contribution < -0.4 is 20.0 Å². The van der Waals surface area contributed by atoms with Gasteiger partial charge >= 0.3 is 5.97 Å². The Kier molecular flexibility index (Phi) is 8.55.